The number of amides is 1. The molecule has 0 spiro atoms. The third-order valence-corrected chi connectivity index (χ3v) is 12.9. The molecular formula is C58H103NO10. The van der Waals surface area contributed by atoms with Crippen LogP contribution in [0, 0.1) is 0 Å². The van der Waals surface area contributed by atoms with Gasteiger partial charge in [0.2, 0.25) is 5.91 Å². The number of allylic oxidation sites excluding steroid dienone is 9. The lowest BCUT2D eigenvalue weighted by Crippen LogP contribution is -2.61. The third-order valence-electron chi connectivity index (χ3n) is 12.9. The molecule has 0 bridgehead atoms. The van der Waals surface area contributed by atoms with E-state index in [0.29, 0.717) is 12.8 Å². The lowest BCUT2D eigenvalue weighted by atomic mass is 9.99. The molecule has 1 aliphatic heterocycles. The van der Waals surface area contributed by atoms with Crippen LogP contribution in [0.15, 0.2) is 60.8 Å². The molecule has 11 heteroatoms. The molecule has 1 aliphatic rings. The molecule has 400 valence electrons. The summed E-state index contributed by atoms with van der Waals surface area (Å²) in [6, 6.07) is -1.04. The van der Waals surface area contributed by atoms with Gasteiger partial charge in [0, 0.05) is 6.42 Å². The Labute approximate surface area is 420 Å². The highest BCUT2D eigenvalue weighted by Gasteiger charge is 2.47. The second-order valence-electron chi connectivity index (χ2n) is 19.3. The summed E-state index contributed by atoms with van der Waals surface area (Å²) in [5.74, 6) is -1.22. The summed E-state index contributed by atoms with van der Waals surface area (Å²) in [4.78, 5) is 26.4. The Morgan fingerprint density at radius 3 is 1.59 bits per heavy atom. The standard InChI is InChI=1S/C58H103NO10/c1-4-7-10-13-16-19-22-25-26-28-31-34-37-40-43-46-53(63)69-56-55(65)54(64)52(47-60)68-58(56)67-48-49(50(61)44-41-38-35-32-29-24-21-18-15-12-9-6-3)59-57(66)51(62)45-42-39-36-33-30-27-23-20-17-14-11-8-5-2/h8,11,17,19-20,22,27,30,41,44,49-52,54-56,58,60-62,64-65H,4-7,9-10,12-16,18,21,23-26,28-29,31-40,42-43,45-48H2,1-3H3,(H,59,66)/b11-8+,20-17+,22-19-,30-27+,44-41+. The van der Waals surface area contributed by atoms with E-state index in [9.17, 15) is 35.1 Å². The van der Waals surface area contributed by atoms with Crippen molar-refractivity contribution in [2.24, 2.45) is 0 Å². The van der Waals surface area contributed by atoms with Crippen molar-refractivity contribution in [1.29, 1.82) is 0 Å². The largest absolute Gasteiger partial charge is 0.454 e. The lowest BCUT2D eigenvalue weighted by molar-refractivity contribution is -0.305. The van der Waals surface area contributed by atoms with Gasteiger partial charge in [0.05, 0.1) is 25.4 Å². The van der Waals surface area contributed by atoms with Gasteiger partial charge in [-0.15, -0.1) is 0 Å². The first-order valence-electron chi connectivity index (χ1n) is 28.1. The van der Waals surface area contributed by atoms with E-state index in [1.165, 1.54) is 96.3 Å². The highest BCUT2D eigenvalue weighted by molar-refractivity contribution is 5.80. The average molecular weight is 974 g/mol. The maximum absolute atomic E-state index is 13.3. The van der Waals surface area contributed by atoms with Crippen molar-refractivity contribution in [3.8, 4) is 0 Å². The van der Waals surface area contributed by atoms with Gasteiger partial charge in [0.15, 0.2) is 12.4 Å². The normalized spacial score (nSPS) is 20.3. The maximum atomic E-state index is 13.3. The molecule has 8 unspecified atom stereocenters. The first-order valence-corrected chi connectivity index (χ1v) is 28.1. The number of hydrogen-bond acceptors (Lipinski definition) is 10. The number of unbranched alkanes of at least 4 members (excludes halogenated alkanes) is 24. The molecule has 0 aromatic heterocycles. The number of carbonyl (C=O) groups excluding carboxylic acids is 2. The fraction of sp³-hybridized carbons (Fsp3) is 0.793. The van der Waals surface area contributed by atoms with Crippen molar-refractivity contribution < 1.29 is 49.3 Å². The Bertz CT molecular complexity index is 1350. The molecular weight excluding hydrogens is 871 g/mol. The Kier molecular flexibility index (Phi) is 43.3. The molecule has 0 saturated carbocycles. The highest BCUT2D eigenvalue weighted by atomic mass is 16.7. The van der Waals surface area contributed by atoms with Crippen LogP contribution in [0.3, 0.4) is 0 Å². The van der Waals surface area contributed by atoms with Gasteiger partial charge in [-0.3, -0.25) is 9.59 Å². The van der Waals surface area contributed by atoms with Crippen LogP contribution >= 0.6 is 0 Å². The zero-order valence-corrected chi connectivity index (χ0v) is 43.9. The van der Waals surface area contributed by atoms with Gasteiger partial charge in [0.25, 0.3) is 0 Å². The smallest absolute Gasteiger partial charge is 0.306 e. The van der Waals surface area contributed by atoms with Crippen molar-refractivity contribution in [3.63, 3.8) is 0 Å². The van der Waals surface area contributed by atoms with E-state index in [4.69, 9.17) is 14.2 Å². The van der Waals surface area contributed by atoms with E-state index in [2.05, 4.69) is 74.7 Å². The number of rotatable bonds is 46. The van der Waals surface area contributed by atoms with Gasteiger partial charge < -0.3 is 45.1 Å². The summed E-state index contributed by atoms with van der Waals surface area (Å²) in [6.07, 6.45) is 45.5. The summed E-state index contributed by atoms with van der Waals surface area (Å²) >= 11 is 0. The van der Waals surface area contributed by atoms with Crippen molar-refractivity contribution in [2.45, 2.75) is 282 Å². The van der Waals surface area contributed by atoms with Crippen molar-refractivity contribution in [3.05, 3.63) is 60.8 Å². The van der Waals surface area contributed by atoms with Crippen LogP contribution < -0.4 is 5.32 Å². The number of ether oxygens (including phenoxy) is 3. The minimum atomic E-state index is -1.62. The Morgan fingerprint density at radius 1 is 0.580 bits per heavy atom. The van der Waals surface area contributed by atoms with Crippen LogP contribution in [0.2, 0.25) is 0 Å². The second-order valence-corrected chi connectivity index (χ2v) is 19.3. The quantitative estimate of drug-likeness (QED) is 0.0196. The van der Waals surface area contributed by atoms with Gasteiger partial charge in [-0.2, -0.15) is 0 Å². The van der Waals surface area contributed by atoms with Crippen LogP contribution in [-0.2, 0) is 23.8 Å². The number of carbonyl (C=O) groups is 2. The summed E-state index contributed by atoms with van der Waals surface area (Å²) in [5, 5.41) is 56.7. The van der Waals surface area contributed by atoms with Gasteiger partial charge in [0.1, 0.15) is 24.4 Å². The highest BCUT2D eigenvalue weighted by Crippen LogP contribution is 2.26. The van der Waals surface area contributed by atoms with E-state index < -0.39 is 67.4 Å². The minimum absolute atomic E-state index is 0.114. The van der Waals surface area contributed by atoms with E-state index >= 15 is 0 Å². The molecule has 1 rings (SSSR count). The Hall–Kier alpha value is -2.64. The van der Waals surface area contributed by atoms with Gasteiger partial charge in [-0.05, 0) is 83.5 Å². The second kappa shape index (κ2) is 46.4. The molecule has 69 heavy (non-hydrogen) atoms. The van der Waals surface area contributed by atoms with Crippen LogP contribution in [0.25, 0.3) is 0 Å². The maximum Gasteiger partial charge on any atom is 0.306 e. The predicted octanol–water partition coefficient (Wildman–Crippen LogP) is 12.3. The molecule has 1 fully saturated rings. The number of hydrogen-bond donors (Lipinski definition) is 6. The minimum Gasteiger partial charge on any atom is -0.454 e. The molecule has 1 amide bonds. The molecule has 8 atom stereocenters. The molecule has 0 radical (unpaired) electrons. The zero-order valence-electron chi connectivity index (χ0n) is 43.9. The number of esters is 1. The molecule has 11 nitrogen and oxygen atoms in total. The van der Waals surface area contributed by atoms with Crippen LogP contribution in [0.1, 0.15) is 233 Å². The molecule has 1 saturated heterocycles. The van der Waals surface area contributed by atoms with E-state index in [1.54, 1.807) is 6.08 Å². The first-order chi connectivity index (χ1) is 33.7. The van der Waals surface area contributed by atoms with Gasteiger partial charge in [-0.25, -0.2) is 0 Å². The van der Waals surface area contributed by atoms with Crippen molar-refractivity contribution >= 4 is 11.9 Å². The Morgan fingerprint density at radius 2 is 1.04 bits per heavy atom. The number of nitrogens with one attached hydrogen (secondary N) is 1. The SMILES string of the molecule is CC/C=C/C/C=C/C/C=C/CCCCCC(O)C(=O)NC(COC1OC(CO)C(O)C(O)C1OC(=O)CCCCCCCCC/C=C\CCCCCC)C(O)/C=C/CCCCCCCCCCCC. The summed E-state index contributed by atoms with van der Waals surface area (Å²) in [7, 11) is 0. The molecule has 1 heterocycles. The lowest BCUT2D eigenvalue weighted by Gasteiger charge is -2.41. The van der Waals surface area contributed by atoms with Crippen LogP contribution in [0.4, 0.5) is 0 Å². The van der Waals surface area contributed by atoms with E-state index in [-0.39, 0.29) is 19.4 Å². The van der Waals surface area contributed by atoms with Gasteiger partial charge in [-0.1, -0.05) is 204 Å². The van der Waals surface area contributed by atoms with Crippen LogP contribution in [0.5, 0.6) is 0 Å². The van der Waals surface area contributed by atoms with Crippen molar-refractivity contribution in [2.75, 3.05) is 13.2 Å². The number of aliphatic hydroxyl groups is 5. The van der Waals surface area contributed by atoms with E-state index in [0.717, 1.165) is 89.9 Å². The molecule has 0 aromatic carbocycles. The average Bonchev–Trinajstić information content (AvgIpc) is 3.34. The molecule has 6 N–H and O–H groups in total. The summed E-state index contributed by atoms with van der Waals surface area (Å²) in [5.41, 5.74) is 0. The first kappa shape index (κ1) is 64.4. The van der Waals surface area contributed by atoms with Crippen LogP contribution in [-0.4, -0.2) is 99.6 Å². The third kappa shape index (κ3) is 35.2. The monoisotopic (exact) mass is 974 g/mol. The topological polar surface area (TPSA) is 175 Å². The summed E-state index contributed by atoms with van der Waals surface area (Å²) in [6.45, 7) is 5.62. The molecule has 0 aromatic rings. The summed E-state index contributed by atoms with van der Waals surface area (Å²) < 4.78 is 17.5. The van der Waals surface area contributed by atoms with E-state index in [1.807, 2.05) is 6.08 Å². The van der Waals surface area contributed by atoms with Gasteiger partial charge >= 0.3 is 5.97 Å². The predicted molar refractivity (Wildman–Crippen MR) is 283 cm³/mol. The molecule has 0 aliphatic carbocycles. The Balaban J connectivity index is 2.76. The fourth-order valence-electron chi connectivity index (χ4n) is 8.42. The fourth-order valence-corrected chi connectivity index (χ4v) is 8.42. The van der Waals surface area contributed by atoms with Crippen molar-refractivity contribution in [1.82, 2.24) is 5.32 Å². The number of aliphatic hydroxyl groups excluding tert-OH is 5. The zero-order chi connectivity index (χ0) is 50.4.